The fraction of sp³-hybridized carbons (Fsp3) is 0.750. The highest BCUT2D eigenvalue weighted by Gasteiger charge is 2.14. The van der Waals surface area contributed by atoms with E-state index in [1.54, 1.807) is 0 Å². The number of hydrogen-bond donors (Lipinski definition) is 1. The van der Waals surface area contributed by atoms with Gasteiger partial charge < -0.3 is 5.32 Å². The van der Waals surface area contributed by atoms with Gasteiger partial charge >= 0.3 is 0 Å². The van der Waals surface area contributed by atoms with E-state index in [2.05, 4.69) is 14.7 Å². The van der Waals surface area contributed by atoms with Crippen LogP contribution in [0.4, 0.5) is 0 Å². The molecule has 1 aromatic rings. The van der Waals surface area contributed by atoms with Gasteiger partial charge in [0.15, 0.2) is 4.34 Å². The molecular weight excluding hydrogens is 202 g/mol. The molecule has 0 radical (unpaired) electrons. The monoisotopic (exact) mass is 215 g/mol. The number of aryl methyl sites for hydroxylation is 1. The van der Waals surface area contributed by atoms with Gasteiger partial charge in [0.2, 0.25) is 0 Å². The smallest absolute Gasteiger partial charge is 0.170 e. The summed E-state index contributed by atoms with van der Waals surface area (Å²) in [5.74, 6) is 2.03. The summed E-state index contributed by atoms with van der Waals surface area (Å²) >= 11 is 3.33. The molecule has 1 aromatic heterocycles. The van der Waals surface area contributed by atoms with E-state index in [9.17, 15) is 0 Å². The number of hydrogen-bond acceptors (Lipinski definition) is 5. The molecule has 0 aromatic carbocycles. The summed E-state index contributed by atoms with van der Waals surface area (Å²) in [4.78, 5) is 4.31. The third-order valence-electron chi connectivity index (χ3n) is 2.08. The van der Waals surface area contributed by atoms with E-state index in [0.29, 0.717) is 6.04 Å². The van der Waals surface area contributed by atoms with E-state index in [0.717, 1.165) is 15.9 Å². The summed E-state index contributed by atoms with van der Waals surface area (Å²) in [6, 6.07) is 0.689. The Morgan fingerprint density at radius 3 is 3.23 bits per heavy atom. The zero-order valence-electron chi connectivity index (χ0n) is 7.62. The Balaban J connectivity index is 1.78. The van der Waals surface area contributed by atoms with Crippen LogP contribution in [0.2, 0.25) is 0 Å². The topological polar surface area (TPSA) is 37.8 Å². The van der Waals surface area contributed by atoms with Crippen LogP contribution in [0.1, 0.15) is 18.7 Å². The maximum absolute atomic E-state index is 4.31. The molecule has 1 unspecified atom stereocenters. The van der Waals surface area contributed by atoms with Crippen LogP contribution in [-0.2, 0) is 0 Å². The molecule has 2 rings (SSSR count). The maximum Gasteiger partial charge on any atom is 0.170 e. The van der Waals surface area contributed by atoms with Gasteiger partial charge in [-0.15, -0.1) is 0 Å². The van der Waals surface area contributed by atoms with Crippen LogP contribution < -0.4 is 5.32 Å². The van der Waals surface area contributed by atoms with Crippen molar-refractivity contribution in [3.63, 3.8) is 0 Å². The van der Waals surface area contributed by atoms with Gasteiger partial charge in [-0.1, -0.05) is 11.8 Å². The average Bonchev–Trinajstić information content (AvgIpc) is 2.71. The van der Waals surface area contributed by atoms with E-state index in [1.807, 2.05) is 18.7 Å². The first-order valence-electron chi connectivity index (χ1n) is 4.51. The first-order valence-corrected chi connectivity index (χ1v) is 6.27. The SMILES string of the molecule is Cc1nsc(SCC2CCCN2)n1. The van der Waals surface area contributed by atoms with Crippen molar-refractivity contribution in [3.05, 3.63) is 5.82 Å². The van der Waals surface area contributed by atoms with E-state index < -0.39 is 0 Å². The lowest BCUT2D eigenvalue weighted by atomic mass is 10.3. The Morgan fingerprint density at radius 1 is 1.69 bits per heavy atom. The quantitative estimate of drug-likeness (QED) is 0.779. The molecule has 2 heterocycles. The molecule has 3 nitrogen and oxygen atoms in total. The standard InChI is InChI=1S/C8H13N3S2/c1-6-10-8(13-11-6)12-5-7-3-2-4-9-7/h7,9H,2-5H2,1H3. The molecule has 1 aliphatic heterocycles. The molecule has 0 bridgehead atoms. The number of nitrogens with one attached hydrogen (secondary N) is 1. The van der Waals surface area contributed by atoms with Gasteiger partial charge in [0.25, 0.3) is 0 Å². The Bertz CT molecular complexity index is 268. The minimum Gasteiger partial charge on any atom is -0.313 e. The van der Waals surface area contributed by atoms with Crippen molar-refractivity contribution in [1.82, 2.24) is 14.7 Å². The van der Waals surface area contributed by atoms with Crippen LogP contribution in [0.15, 0.2) is 4.34 Å². The van der Waals surface area contributed by atoms with E-state index >= 15 is 0 Å². The van der Waals surface area contributed by atoms with Crippen molar-refractivity contribution < 1.29 is 0 Å². The van der Waals surface area contributed by atoms with Crippen molar-refractivity contribution in [2.75, 3.05) is 12.3 Å². The lowest BCUT2D eigenvalue weighted by Gasteiger charge is -2.06. The molecule has 1 saturated heterocycles. The minimum atomic E-state index is 0.689. The van der Waals surface area contributed by atoms with Crippen molar-refractivity contribution in [1.29, 1.82) is 0 Å². The van der Waals surface area contributed by atoms with Crippen LogP contribution in [0.25, 0.3) is 0 Å². The highest BCUT2D eigenvalue weighted by molar-refractivity contribution is 8.00. The average molecular weight is 215 g/mol. The van der Waals surface area contributed by atoms with Crippen molar-refractivity contribution in [2.45, 2.75) is 30.1 Å². The molecule has 0 aliphatic carbocycles. The number of rotatable bonds is 3. The number of nitrogens with zero attached hydrogens (tertiary/aromatic N) is 2. The van der Waals surface area contributed by atoms with Gasteiger partial charge in [0.1, 0.15) is 5.82 Å². The zero-order valence-corrected chi connectivity index (χ0v) is 9.25. The Hall–Kier alpha value is -0.130. The van der Waals surface area contributed by atoms with Crippen LogP contribution in [0, 0.1) is 6.92 Å². The fourth-order valence-corrected chi connectivity index (χ4v) is 3.18. The summed E-state index contributed by atoms with van der Waals surface area (Å²) in [5.41, 5.74) is 0. The predicted octanol–water partition coefficient (Wildman–Crippen LogP) is 1.69. The predicted molar refractivity (Wildman–Crippen MR) is 56.4 cm³/mol. The second-order valence-corrected chi connectivity index (χ2v) is 5.23. The maximum atomic E-state index is 4.31. The highest BCUT2D eigenvalue weighted by Crippen LogP contribution is 2.22. The largest absolute Gasteiger partial charge is 0.313 e. The molecule has 0 spiro atoms. The molecule has 1 fully saturated rings. The minimum absolute atomic E-state index is 0.689. The van der Waals surface area contributed by atoms with Gasteiger partial charge in [-0.25, -0.2) is 4.98 Å². The molecule has 1 N–H and O–H groups in total. The third kappa shape index (κ3) is 2.65. The van der Waals surface area contributed by atoms with Gasteiger partial charge in [0, 0.05) is 11.8 Å². The van der Waals surface area contributed by atoms with Crippen LogP contribution in [0.3, 0.4) is 0 Å². The Labute approximate surface area is 86.5 Å². The normalized spacial score (nSPS) is 22.4. The lowest BCUT2D eigenvalue weighted by Crippen LogP contribution is -2.23. The van der Waals surface area contributed by atoms with Gasteiger partial charge in [-0.3, -0.25) is 0 Å². The molecule has 5 heteroatoms. The second kappa shape index (κ2) is 4.39. The van der Waals surface area contributed by atoms with E-state index in [1.165, 1.54) is 30.9 Å². The molecule has 0 amide bonds. The number of thioether (sulfide) groups is 1. The summed E-state index contributed by atoms with van der Waals surface area (Å²) in [6.07, 6.45) is 2.63. The van der Waals surface area contributed by atoms with Gasteiger partial charge in [-0.05, 0) is 37.8 Å². The van der Waals surface area contributed by atoms with Crippen molar-refractivity contribution >= 4 is 23.3 Å². The highest BCUT2D eigenvalue weighted by atomic mass is 32.2. The first kappa shape index (κ1) is 9.43. The Kier molecular flexibility index (Phi) is 3.18. The summed E-state index contributed by atoms with van der Waals surface area (Å²) in [7, 11) is 0. The molecule has 1 atom stereocenters. The molecule has 72 valence electrons. The van der Waals surface area contributed by atoms with E-state index in [4.69, 9.17) is 0 Å². The van der Waals surface area contributed by atoms with Crippen LogP contribution >= 0.6 is 23.3 Å². The van der Waals surface area contributed by atoms with Crippen LogP contribution in [0.5, 0.6) is 0 Å². The van der Waals surface area contributed by atoms with Gasteiger partial charge in [0.05, 0.1) is 0 Å². The molecular formula is C8H13N3S2. The van der Waals surface area contributed by atoms with Gasteiger partial charge in [-0.2, -0.15) is 4.37 Å². The summed E-state index contributed by atoms with van der Waals surface area (Å²) < 4.78 is 5.25. The third-order valence-corrected chi connectivity index (χ3v) is 4.17. The van der Waals surface area contributed by atoms with E-state index in [-0.39, 0.29) is 0 Å². The lowest BCUT2D eigenvalue weighted by molar-refractivity contribution is 0.674. The van der Waals surface area contributed by atoms with Crippen molar-refractivity contribution in [2.24, 2.45) is 0 Å². The molecule has 1 aliphatic rings. The fourth-order valence-electron chi connectivity index (χ4n) is 1.41. The molecule has 13 heavy (non-hydrogen) atoms. The molecule has 0 saturated carbocycles. The van der Waals surface area contributed by atoms with Crippen molar-refractivity contribution in [3.8, 4) is 0 Å². The van der Waals surface area contributed by atoms with Crippen LogP contribution in [-0.4, -0.2) is 27.7 Å². The zero-order chi connectivity index (χ0) is 9.10. The Morgan fingerprint density at radius 2 is 2.62 bits per heavy atom. The number of aromatic nitrogens is 2. The summed E-state index contributed by atoms with van der Waals surface area (Å²) in [5, 5.41) is 3.47. The second-order valence-electron chi connectivity index (χ2n) is 3.21. The summed E-state index contributed by atoms with van der Waals surface area (Å²) in [6.45, 7) is 3.12. The first-order chi connectivity index (χ1) is 6.34.